The lowest BCUT2D eigenvalue weighted by Gasteiger charge is -2.30. The fourth-order valence-electron chi connectivity index (χ4n) is 3.65. The Hall–Kier alpha value is -0.900. The fraction of sp³-hybridized carbons (Fsp3) is 0.842. The monoisotopic (exact) mass is 491 g/mol. The van der Waals surface area contributed by atoms with E-state index in [1.807, 2.05) is 11.6 Å². The number of aliphatic imine (C=N–C) groups is 1. The lowest BCUT2D eigenvalue weighted by molar-refractivity contribution is 0.174. The lowest BCUT2D eigenvalue weighted by atomic mass is 10.1. The highest BCUT2D eigenvalue weighted by Gasteiger charge is 2.24. The maximum Gasteiger partial charge on any atom is 0.191 e. The number of aryl methyl sites for hydroxylation is 2. The first kappa shape index (κ1) is 24.1. The van der Waals surface area contributed by atoms with Crippen LogP contribution in [0, 0.1) is 6.92 Å². The number of halogens is 1. The van der Waals surface area contributed by atoms with Crippen LogP contribution in [0.3, 0.4) is 0 Å². The summed E-state index contributed by atoms with van der Waals surface area (Å²) in [6, 6.07) is 1.33. The zero-order valence-corrected chi connectivity index (χ0v) is 20.2. The van der Waals surface area contributed by atoms with Crippen LogP contribution in [-0.4, -0.2) is 57.3 Å². The van der Waals surface area contributed by atoms with Gasteiger partial charge < -0.3 is 10.6 Å². The van der Waals surface area contributed by atoms with E-state index in [4.69, 9.17) is 4.99 Å². The molecule has 2 heterocycles. The maximum absolute atomic E-state index is 4.79. The highest BCUT2D eigenvalue weighted by atomic mass is 127. The molecule has 1 atom stereocenters. The van der Waals surface area contributed by atoms with Crippen molar-refractivity contribution in [3.05, 3.63) is 11.6 Å². The van der Waals surface area contributed by atoms with Crippen molar-refractivity contribution in [1.29, 1.82) is 0 Å². The van der Waals surface area contributed by atoms with Crippen LogP contribution in [0.15, 0.2) is 4.99 Å². The van der Waals surface area contributed by atoms with Crippen molar-refractivity contribution in [1.82, 2.24) is 30.3 Å². The van der Waals surface area contributed by atoms with Crippen molar-refractivity contribution in [3.8, 4) is 0 Å². The number of nitrogens with one attached hydrogen (secondary N) is 2. The van der Waals surface area contributed by atoms with Gasteiger partial charge in [-0.3, -0.25) is 9.89 Å². The average molecular weight is 491 g/mol. The Labute approximate surface area is 181 Å². The van der Waals surface area contributed by atoms with Crippen molar-refractivity contribution >= 4 is 29.9 Å². The molecule has 2 N–H and O–H groups in total. The van der Waals surface area contributed by atoms with Crippen LogP contribution in [0.1, 0.15) is 71.6 Å². The number of nitrogens with zero attached hydrogens (tertiary/aromatic N) is 5. The summed E-state index contributed by atoms with van der Waals surface area (Å²) in [5, 5.41) is 11.4. The molecule has 0 aromatic carbocycles. The molecule has 1 aromatic heterocycles. The quantitative estimate of drug-likeness (QED) is 0.253. The van der Waals surface area contributed by atoms with Crippen LogP contribution in [0.4, 0.5) is 0 Å². The van der Waals surface area contributed by atoms with Gasteiger partial charge >= 0.3 is 0 Å². The molecule has 0 saturated heterocycles. The molecule has 1 aliphatic heterocycles. The maximum atomic E-state index is 4.79. The second-order valence-electron chi connectivity index (χ2n) is 7.62. The number of aromatic nitrogens is 3. The normalized spacial score (nSPS) is 17.2. The topological polar surface area (TPSA) is 70.4 Å². The van der Waals surface area contributed by atoms with Gasteiger partial charge in [-0.2, -0.15) is 5.10 Å². The molecule has 27 heavy (non-hydrogen) atoms. The van der Waals surface area contributed by atoms with Crippen molar-refractivity contribution in [3.63, 3.8) is 0 Å². The van der Waals surface area contributed by atoms with Gasteiger partial charge in [0.25, 0.3) is 0 Å². The molecule has 0 bridgehead atoms. The minimum Gasteiger partial charge on any atom is -0.357 e. The van der Waals surface area contributed by atoms with Crippen LogP contribution in [-0.2, 0) is 6.54 Å². The number of hydrogen-bond donors (Lipinski definition) is 2. The average Bonchev–Trinajstić information content (AvgIpc) is 2.95. The predicted octanol–water partition coefficient (Wildman–Crippen LogP) is 3.10. The van der Waals surface area contributed by atoms with Crippen molar-refractivity contribution in [2.45, 2.75) is 85.5 Å². The van der Waals surface area contributed by atoms with Crippen LogP contribution >= 0.6 is 24.0 Å². The minimum absolute atomic E-state index is 0. The first-order valence-corrected chi connectivity index (χ1v) is 10.1. The van der Waals surface area contributed by atoms with Gasteiger partial charge in [-0.05, 0) is 60.8 Å². The molecule has 0 amide bonds. The molecule has 0 aliphatic carbocycles. The van der Waals surface area contributed by atoms with E-state index in [-0.39, 0.29) is 30.0 Å². The predicted molar refractivity (Wildman–Crippen MR) is 123 cm³/mol. The van der Waals surface area contributed by atoms with E-state index in [1.165, 1.54) is 0 Å². The Kier molecular flexibility index (Phi) is 10.6. The second kappa shape index (κ2) is 11.8. The smallest absolute Gasteiger partial charge is 0.191 e. The summed E-state index contributed by atoms with van der Waals surface area (Å²) in [6.07, 6.45) is 3.24. The molecular formula is C19H38IN7. The zero-order valence-electron chi connectivity index (χ0n) is 17.8. The highest BCUT2D eigenvalue weighted by Crippen LogP contribution is 2.22. The van der Waals surface area contributed by atoms with Crippen LogP contribution in [0.25, 0.3) is 0 Å². The molecule has 1 aromatic rings. The van der Waals surface area contributed by atoms with E-state index in [0.29, 0.717) is 12.1 Å². The molecular weight excluding hydrogens is 453 g/mol. The largest absolute Gasteiger partial charge is 0.357 e. The zero-order chi connectivity index (χ0) is 19.1. The van der Waals surface area contributed by atoms with E-state index in [2.05, 4.69) is 60.2 Å². The van der Waals surface area contributed by atoms with E-state index >= 15 is 0 Å². The van der Waals surface area contributed by atoms with Crippen molar-refractivity contribution in [2.75, 3.05) is 19.6 Å². The highest BCUT2D eigenvalue weighted by molar-refractivity contribution is 14.0. The van der Waals surface area contributed by atoms with Gasteiger partial charge in [0.05, 0.1) is 6.04 Å². The third kappa shape index (κ3) is 7.21. The summed E-state index contributed by atoms with van der Waals surface area (Å²) in [5.74, 6) is 2.76. The summed E-state index contributed by atoms with van der Waals surface area (Å²) in [6.45, 7) is 16.8. The Balaban J connectivity index is 0.00000364. The van der Waals surface area contributed by atoms with Gasteiger partial charge in [-0.15, -0.1) is 24.0 Å². The number of fused-ring (bicyclic) bond motifs is 1. The van der Waals surface area contributed by atoms with Gasteiger partial charge in [0.2, 0.25) is 0 Å². The van der Waals surface area contributed by atoms with Gasteiger partial charge in [-0.1, -0.05) is 0 Å². The molecule has 0 spiro atoms. The molecule has 0 saturated carbocycles. The lowest BCUT2D eigenvalue weighted by Crippen LogP contribution is -2.42. The van der Waals surface area contributed by atoms with E-state index < -0.39 is 0 Å². The summed E-state index contributed by atoms with van der Waals surface area (Å²) in [5.41, 5.74) is 0. The van der Waals surface area contributed by atoms with Crippen LogP contribution in [0.2, 0.25) is 0 Å². The first-order chi connectivity index (χ1) is 12.4. The van der Waals surface area contributed by atoms with Crippen LogP contribution in [0.5, 0.6) is 0 Å². The minimum atomic E-state index is 0. The molecule has 0 radical (unpaired) electrons. The molecule has 0 fully saturated rings. The van der Waals surface area contributed by atoms with E-state index in [1.54, 1.807) is 0 Å². The van der Waals surface area contributed by atoms with Gasteiger partial charge in [0, 0.05) is 38.3 Å². The second-order valence-corrected chi connectivity index (χ2v) is 7.62. The molecule has 1 unspecified atom stereocenters. The fourth-order valence-corrected chi connectivity index (χ4v) is 3.65. The molecule has 7 nitrogen and oxygen atoms in total. The molecule has 156 valence electrons. The number of rotatable bonds is 8. The summed E-state index contributed by atoms with van der Waals surface area (Å²) >= 11 is 0. The molecule has 2 rings (SSSR count). The Morgan fingerprint density at radius 2 is 2.00 bits per heavy atom. The van der Waals surface area contributed by atoms with Crippen LogP contribution < -0.4 is 10.6 Å². The van der Waals surface area contributed by atoms with Crippen molar-refractivity contribution < 1.29 is 0 Å². The molecule has 1 aliphatic rings. The van der Waals surface area contributed by atoms with Gasteiger partial charge in [0.1, 0.15) is 11.6 Å². The standard InChI is InChI=1S/C19H37N7.HI/c1-7-20-19(21-11-9-12-25(14(2)3)15(4)5)23-17-10-8-13-26-18(17)22-16(6)24-26;/h14-15,17H,7-13H2,1-6H3,(H2,20,21,23);1H. The Bertz CT molecular complexity index is 575. The third-order valence-electron chi connectivity index (χ3n) is 4.81. The number of guanidine groups is 1. The SMILES string of the molecule is CCNC(=NCCCN(C(C)C)C(C)C)NC1CCCn2nc(C)nc21.I. The van der Waals surface area contributed by atoms with E-state index in [0.717, 1.165) is 63.0 Å². The Morgan fingerprint density at radius 3 is 2.63 bits per heavy atom. The molecule has 8 heteroatoms. The summed E-state index contributed by atoms with van der Waals surface area (Å²) in [4.78, 5) is 11.9. The van der Waals surface area contributed by atoms with Crippen molar-refractivity contribution in [2.24, 2.45) is 4.99 Å². The van der Waals surface area contributed by atoms with Gasteiger partial charge in [0.15, 0.2) is 5.96 Å². The number of hydrogen-bond acceptors (Lipinski definition) is 4. The Morgan fingerprint density at radius 1 is 1.30 bits per heavy atom. The summed E-state index contributed by atoms with van der Waals surface area (Å²) < 4.78 is 2.03. The first-order valence-electron chi connectivity index (χ1n) is 10.1. The van der Waals surface area contributed by atoms with E-state index in [9.17, 15) is 0 Å². The summed E-state index contributed by atoms with van der Waals surface area (Å²) in [7, 11) is 0. The third-order valence-corrected chi connectivity index (χ3v) is 4.81. The van der Waals surface area contributed by atoms with Gasteiger partial charge in [-0.25, -0.2) is 9.67 Å².